The molecule has 0 radical (unpaired) electrons. The molecule has 3 N–H and O–H groups in total. The predicted octanol–water partition coefficient (Wildman–Crippen LogP) is 6.33. The molecule has 1 aromatic carbocycles. The number of halogens is 6. The number of aromatic nitrogens is 4. The lowest BCUT2D eigenvalue weighted by Crippen LogP contribution is -2.52. The van der Waals surface area contributed by atoms with Crippen molar-refractivity contribution in [1.82, 2.24) is 25.3 Å². The van der Waals surface area contributed by atoms with Crippen LogP contribution in [0, 0.1) is 5.41 Å². The van der Waals surface area contributed by atoms with Crippen molar-refractivity contribution in [1.29, 1.82) is 0 Å². The summed E-state index contributed by atoms with van der Waals surface area (Å²) in [7, 11) is 0. The summed E-state index contributed by atoms with van der Waals surface area (Å²) in [5, 5.41) is 26.0. The number of rotatable bonds is 10. The summed E-state index contributed by atoms with van der Waals surface area (Å²) in [4.78, 5) is 39.5. The molecule has 3 rings (SSSR count). The molecule has 11 nitrogen and oxygen atoms in total. The number of carbonyl (C=O) groups is 3. The Bertz CT molecular complexity index is 1410. The zero-order valence-corrected chi connectivity index (χ0v) is 23.3. The Kier molecular flexibility index (Phi) is 9.56. The normalized spacial score (nSPS) is 13.8. The molecule has 2 aromatic heterocycles. The third kappa shape index (κ3) is 7.90. The standard InChI is InChI=1S/C26H28F6N6O5/c1-5-6-7-16(18(39)20(40)34-17-8-9-33-35-17)38(23(41)42)19(24(2,3)4)22-37-36-21(43-22)13-10-14(25(27,28)29)12-15(11-13)26(30,31)32/h8-12,16,19H,5-7H2,1-4H3,(H,41,42)(H2,33,34,35,40)/t16-,19?/m0/s1. The number of aromatic amines is 1. The van der Waals surface area contributed by atoms with Gasteiger partial charge in [-0.3, -0.25) is 19.6 Å². The minimum atomic E-state index is -5.14. The summed E-state index contributed by atoms with van der Waals surface area (Å²) >= 11 is 0. The number of unbranched alkanes of at least 4 members (excludes halogenated alkanes) is 1. The maximum Gasteiger partial charge on any atom is 0.416 e. The van der Waals surface area contributed by atoms with Crippen molar-refractivity contribution in [2.45, 2.75) is 71.4 Å². The second kappa shape index (κ2) is 12.4. The fourth-order valence-corrected chi connectivity index (χ4v) is 4.33. The maximum absolute atomic E-state index is 13.4. The first kappa shape index (κ1) is 33.1. The lowest BCUT2D eigenvalue weighted by molar-refractivity contribution is -0.143. The van der Waals surface area contributed by atoms with Gasteiger partial charge in [-0.05, 0) is 30.0 Å². The average Bonchev–Trinajstić information content (AvgIpc) is 3.58. The molecule has 2 heterocycles. The summed E-state index contributed by atoms with van der Waals surface area (Å²) in [6, 6.07) is -0.974. The molecule has 3 aromatic rings. The van der Waals surface area contributed by atoms with E-state index in [0.29, 0.717) is 29.9 Å². The third-order valence-electron chi connectivity index (χ3n) is 6.27. The van der Waals surface area contributed by atoms with Crippen molar-refractivity contribution in [2.24, 2.45) is 5.41 Å². The summed E-state index contributed by atoms with van der Waals surface area (Å²) < 4.78 is 86.0. The molecule has 0 bridgehead atoms. The molecule has 0 fully saturated rings. The van der Waals surface area contributed by atoms with Crippen molar-refractivity contribution in [3.63, 3.8) is 0 Å². The fraction of sp³-hybridized carbons (Fsp3) is 0.462. The molecule has 17 heteroatoms. The molecule has 0 aliphatic rings. The topological polar surface area (TPSA) is 154 Å². The van der Waals surface area contributed by atoms with Gasteiger partial charge in [0.05, 0.1) is 17.3 Å². The first-order valence-corrected chi connectivity index (χ1v) is 12.8. The largest absolute Gasteiger partial charge is 0.465 e. The zero-order chi connectivity index (χ0) is 32.3. The number of amides is 2. The fourth-order valence-electron chi connectivity index (χ4n) is 4.33. The van der Waals surface area contributed by atoms with Crippen molar-refractivity contribution in [2.75, 3.05) is 5.32 Å². The van der Waals surface area contributed by atoms with Gasteiger partial charge in [-0.25, -0.2) is 4.79 Å². The molecular weight excluding hydrogens is 590 g/mol. The highest BCUT2D eigenvalue weighted by Gasteiger charge is 2.46. The van der Waals surface area contributed by atoms with Crippen LogP contribution in [0.15, 0.2) is 34.9 Å². The Labute approximate surface area is 240 Å². The Morgan fingerprint density at radius 1 is 1.02 bits per heavy atom. The number of nitrogens with zero attached hydrogens (tertiary/aromatic N) is 4. The minimum absolute atomic E-state index is 0.0663. The van der Waals surface area contributed by atoms with Gasteiger partial charge in [0.2, 0.25) is 17.6 Å². The number of carbonyl (C=O) groups excluding carboxylic acids is 2. The van der Waals surface area contributed by atoms with Crippen LogP contribution >= 0.6 is 0 Å². The van der Waals surface area contributed by atoms with Crippen LogP contribution < -0.4 is 5.32 Å². The van der Waals surface area contributed by atoms with E-state index in [1.54, 1.807) is 6.92 Å². The van der Waals surface area contributed by atoms with Crippen LogP contribution in [0.1, 0.15) is 70.0 Å². The van der Waals surface area contributed by atoms with E-state index in [-0.39, 0.29) is 18.3 Å². The molecule has 2 amide bonds. The first-order chi connectivity index (χ1) is 19.8. The Hall–Kier alpha value is -4.44. The van der Waals surface area contributed by atoms with E-state index in [2.05, 4.69) is 25.7 Å². The summed E-state index contributed by atoms with van der Waals surface area (Å²) in [6.07, 6.45) is -9.92. The molecule has 0 aliphatic heterocycles. The van der Waals surface area contributed by atoms with E-state index < -0.39 is 76.1 Å². The van der Waals surface area contributed by atoms with Crippen LogP contribution in [-0.4, -0.2) is 54.2 Å². The van der Waals surface area contributed by atoms with Crippen molar-refractivity contribution in [3.05, 3.63) is 47.5 Å². The molecule has 234 valence electrons. The highest BCUT2D eigenvalue weighted by molar-refractivity contribution is 6.42. The van der Waals surface area contributed by atoms with Gasteiger partial charge < -0.3 is 14.8 Å². The van der Waals surface area contributed by atoms with Crippen molar-refractivity contribution in [3.8, 4) is 11.5 Å². The number of nitrogens with one attached hydrogen (secondary N) is 2. The van der Waals surface area contributed by atoms with Gasteiger partial charge >= 0.3 is 18.4 Å². The third-order valence-corrected chi connectivity index (χ3v) is 6.27. The molecule has 0 saturated heterocycles. The van der Waals surface area contributed by atoms with Crippen LogP contribution in [0.2, 0.25) is 0 Å². The van der Waals surface area contributed by atoms with Crippen LogP contribution in [0.25, 0.3) is 11.5 Å². The van der Waals surface area contributed by atoms with E-state index in [4.69, 9.17) is 4.42 Å². The Morgan fingerprint density at radius 3 is 2.09 bits per heavy atom. The number of carboxylic acid groups (broad SMARTS) is 1. The first-order valence-electron chi connectivity index (χ1n) is 12.8. The molecule has 0 spiro atoms. The number of Topliss-reactive ketones (excluding diaryl/α,β-unsaturated/α-hetero) is 1. The number of H-pyrrole nitrogens is 1. The molecule has 43 heavy (non-hydrogen) atoms. The van der Waals surface area contributed by atoms with Gasteiger partial charge in [0.1, 0.15) is 17.9 Å². The summed E-state index contributed by atoms with van der Waals surface area (Å²) in [6.45, 7) is 6.38. The number of hydrogen-bond acceptors (Lipinski definition) is 7. The number of alkyl halides is 6. The number of hydrogen-bond donors (Lipinski definition) is 3. The average molecular weight is 619 g/mol. The molecule has 0 saturated carbocycles. The number of ketones is 1. The van der Waals surface area contributed by atoms with Crippen LogP contribution in [-0.2, 0) is 21.9 Å². The van der Waals surface area contributed by atoms with Gasteiger partial charge in [0, 0.05) is 11.6 Å². The summed E-state index contributed by atoms with van der Waals surface area (Å²) in [5.41, 5.74) is -5.10. The summed E-state index contributed by atoms with van der Waals surface area (Å²) in [5.74, 6) is -3.48. The van der Waals surface area contributed by atoms with Gasteiger partial charge in [0.15, 0.2) is 0 Å². The quantitative estimate of drug-likeness (QED) is 0.176. The lowest BCUT2D eigenvalue weighted by Gasteiger charge is -2.39. The van der Waals surface area contributed by atoms with E-state index in [1.807, 2.05) is 0 Å². The second-order valence-electron chi connectivity index (χ2n) is 10.6. The predicted molar refractivity (Wildman–Crippen MR) is 137 cm³/mol. The van der Waals surface area contributed by atoms with E-state index in [0.717, 1.165) is 0 Å². The number of benzene rings is 1. The molecular formula is C26H28F6N6O5. The van der Waals surface area contributed by atoms with Gasteiger partial charge in [-0.2, -0.15) is 31.4 Å². The Morgan fingerprint density at radius 2 is 1.63 bits per heavy atom. The number of anilines is 1. The molecule has 0 aliphatic carbocycles. The SMILES string of the molecule is CCCC[C@@H](C(=O)C(=O)Nc1ccn[nH]1)N(C(=O)O)C(c1nnc(-c2cc(C(F)(F)F)cc(C(F)(F)F)c2)o1)C(C)(C)C. The van der Waals surface area contributed by atoms with E-state index in [1.165, 1.54) is 33.0 Å². The molecule has 2 atom stereocenters. The van der Waals surface area contributed by atoms with E-state index >= 15 is 0 Å². The highest BCUT2D eigenvalue weighted by Crippen LogP contribution is 2.42. The van der Waals surface area contributed by atoms with Crippen molar-refractivity contribution >= 4 is 23.6 Å². The monoisotopic (exact) mass is 618 g/mol. The zero-order valence-electron chi connectivity index (χ0n) is 23.3. The molecule has 1 unspecified atom stereocenters. The van der Waals surface area contributed by atoms with Gasteiger partial charge in [-0.1, -0.05) is 40.5 Å². The highest BCUT2D eigenvalue weighted by atomic mass is 19.4. The van der Waals surface area contributed by atoms with Crippen LogP contribution in [0.3, 0.4) is 0 Å². The Balaban J connectivity index is 2.11. The van der Waals surface area contributed by atoms with Crippen molar-refractivity contribution < 1.29 is 50.2 Å². The lowest BCUT2D eigenvalue weighted by atomic mass is 9.84. The van der Waals surface area contributed by atoms with Gasteiger partial charge in [-0.15, -0.1) is 10.2 Å². The minimum Gasteiger partial charge on any atom is -0.465 e. The van der Waals surface area contributed by atoms with E-state index in [9.17, 15) is 45.8 Å². The maximum atomic E-state index is 13.4. The smallest absolute Gasteiger partial charge is 0.416 e. The van der Waals surface area contributed by atoms with Crippen LogP contribution in [0.4, 0.5) is 37.0 Å². The van der Waals surface area contributed by atoms with Gasteiger partial charge in [0.25, 0.3) is 5.91 Å². The van der Waals surface area contributed by atoms with Crippen LogP contribution in [0.5, 0.6) is 0 Å². The second-order valence-corrected chi connectivity index (χ2v) is 10.6.